The molecule has 0 aromatic heterocycles. The third-order valence-electron chi connectivity index (χ3n) is 5.92. The van der Waals surface area contributed by atoms with E-state index in [4.69, 9.17) is 4.74 Å². The Hall–Kier alpha value is -3.39. The number of likely N-dealkylation sites (tertiary alicyclic amines) is 1. The average Bonchev–Trinajstić information content (AvgIpc) is 2.88. The van der Waals surface area contributed by atoms with Gasteiger partial charge in [0.15, 0.2) is 0 Å². The topological polar surface area (TPSA) is 91.0 Å². The van der Waals surface area contributed by atoms with Crippen LogP contribution in [0.15, 0.2) is 48.5 Å². The van der Waals surface area contributed by atoms with Crippen molar-refractivity contribution in [3.63, 3.8) is 0 Å². The number of anilines is 2. The number of hydrogen-bond donors (Lipinski definition) is 2. The molecule has 4 rings (SSSR count). The summed E-state index contributed by atoms with van der Waals surface area (Å²) in [6, 6.07) is 14.1. The molecule has 3 amide bonds. The second-order valence-corrected chi connectivity index (χ2v) is 8.32. The maximum absolute atomic E-state index is 12.6. The van der Waals surface area contributed by atoms with E-state index < -0.39 is 0 Å². The van der Waals surface area contributed by atoms with Crippen LogP contribution in [-0.2, 0) is 9.53 Å². The van der Waals surface area contributed by atoms with Crippen molar-refractivity contribution in [2.45, 2.75) is 19.3 Å². The zero-order chi connectivity index (χ0) is 23.0. The van der Waals surface area contributed by atoms with Gasteiger partial charge in [-0.05, 0) is 61.7 Å². The Morgan fingerprint density at radius 2 is 1.42 bits per heavy atom. The second kappa shape index (κ2) is 11.0. The van der Waals surface area contributed by atoms with Crippen LogP contribution < -0.4 is 10.6 Å². The standard InChI is InChI=1S/C25H30N4O4/c30-23(27-21-9-7-19(8-10-21)24(31)28-11-2-1-3-12-28)18-26-22-6-4-5-20(17-22)25(32)29-13-15-33-16-14-29/h4-10,17,26H,1-3,11-16,18H2,(H,27,30). The van der Waals surface area contributed by atoms with E-state index in [1.807, 2.05) is 11.0 Å². The molecule has 2 aromatic rings. The van der Waals surface area contributed by atoms with Gasteiger partial charge in [-0.2, -0.15) is 0 Å². The van der Waals surface area contributed by atoms with Crippen LogP contribution in [0.25, 0.3) is 0 Å². The molecular formula is C25H30N4O4. The SMILES string of the molecule is O=C(CNc1cccc(C(=O)N2CCOCC2)c1)Nc1ccc(C(=O)N2CCCCC2)cc1. The van der Waals surface area contributed by atoms with Crippen molar-refractivity contribution >= 4 is 29.1 Å². The van der Waals surface area contributed by atoms with E-state index >= 15 is 0 Å². The lowest BCUT2D eigenvalue weighted by Crippen LogP contribution is -2.40. The molecule has 0 aliphatic carbocycles. The van der Waals surface area contributed by atoms with Gasteiger partial charge in [0.05, 0.1) is 19.8 Å². The molecule has 2 fully saturated rings. The van der Waals surface area contributed by atoms with Gasteiger partial charge in [-0.15, -0.1) is 0 Å². The fourth-order valence-electron chi connectivity index (χ4n) is 4.07. The van der Waals surface area contributed by atoms with Crippen molar-refractivity contribution in [1.82, 2.24) is 9.80 Å². The summed E-state index contributed by atoms with van der Waals surface area (Å²) in [6.45, 7) is 3.95. The lowest BCUT2D eigenvalue weighted by Gasteiger charge is -2.27. The Morgan fingerprint density at radius 1 is 0.758 bits per heavy atom. The molecule has 33 heavy (non-hydrogen) atoms. The molecule has 174 valence electrons. The summed E-state index contributed by atoms with van der Waals surface area (Å²) in [4.78, 5) is 41.2. The van der Waals surface area contributed by atoms with Crippen molar-refractivity contribution in [3.8, 4) is 0 Å². The minimum Gasteiger partial charge on any atom is -0.378 e. The van der Waals surface area contributed by atoms with E-state index in [1.165, 1.54) is 6.42 Å². The fraction of sp³-hybridized carbons (Fsp3) is 0.400. The summed E-state index contributed by atoms with van der Waals surface area (Å²) >= 11 is 0. The molecule has 2 heterocycles. The Kier molecular flexibility index (Phi) is 7.57. The Morgan fingerprint density at radius 3 is 2.15 bits per heavy atom. The van der Waals surface area contributed by atoms with Gasteiger partial charge in [0.25, 0.3) is 11.8 Å². The maximum atomic E-state index is 12.6. The van der Waals surface area contributed by atoms with Crippen molar-refractivity contribution in [2.24, 2.45) is 0 Å². The highest BCUT2D eigenvalue weighted by molar-refractivity contribution is 5.97. The van der Waals surface area contributed by atoms with Crippen LogP contribution >= 0.6 is 0 Å². The number of carbonyl (C=O) groups excluding carboxylic acids is 3. The van der Waals surface area contributed by atoms with Gasteiger partial charge in [0.1, 0.15) is 0 Å². The Bertz CT molecular complexity index is 980. The van der Waals surface area contributed by atoms with Crippen LogP contribution in [0.2, 0.25) is 0 Å². The van der Waals surface area contributed by atoms with Crippen LogP contribution in [0, 0.1) is 0 Å². The van der Waals surface area contributed by atoms with Gasteiger partial charge in [-0.3, -0.25) is 14.4 Å². The monoisotopic (exact) mass is 450 g/mol. The first-order valence-electron chi connectivity index (χ1n) is 11.5. The Labute approximate surface area is 193 Å². The second-order valence-electron chi connectivity index (χ2n) is 8.32. The highest BCUT2D eigenvalue weighted by atomic mass is 16.5. The molecule has 0 spiro atoms. The largest absolute Gasteiger partial charge is 0.378 e. The number of nitrogens with zero attached hydrogens (tertiary/aromatic N) is 2. The fourth-order valence-corrected chi connectivity index (χ4v) is 4.07. The van der Waals surface area contributed by atoms with Crippen LogP contribution in [0.4, 0.5) is 11.4 Å². The quantitative estimate of drug-likeness (QED) is 0.706. The average molecular weight is 451 g/mol. The van der Waals surface area contributed by atoms with E-state index in [1.54, 1.807) is 47.4 Å². The first-order chi connectivity index (χ1) is 16.1. The zero-order valence-electron chi connectivity index (χ0n) is 18.7. The number of benzene rings is 2. The molecule has 0 saturated carbocycles. The number of ether oxygens (including phenoxy) is 1. The molecule has 0 bridgehead atoms. The summed E-state index contributed by atoms with van der Waals surface area (Å²) in [5.74, 6) is -0.207. The zero-order valence-corrected chi connectivity index (χ0v) is 18.7. The van der Waals surface area contributed by atoms with Gasteiger partial charge < -0.3 is 25.2 Å². The summed E-state index contributed by atoms with van der Waals surface area (Å²) in [5, 5.41) is 5.90. The van der Waals surface area contributed by atoms with E-state index in [2.05, 4.69) is 10.6 Å². The van der Waals surface area contributed by atoms with E-state index in [0.717, 1.165) is 25.9 Å². The predicted octanol–water partition coefficient (Wildman–Crippen LogP) is 2.84. The lowest BCUT2D eigenvalue weighted by molar-refractivity contribution is -0.114. The van der Waals surface area contributed by atoms with Crippen molar-refractivity contribution in [3.05, 3.63) is 59.7 Å². The maximum Gasteiger partial charge on any atom is 0.254 e. The third-order valence-corrected chi connectivity index (χ3v) is 5.92. The van der Waals surface area contributed by atoms with Gasteiger partial charge in [-0.1, -0.05) is 6.07 Å². The molecular weight excluding hydrogens is 420 g/mol. The van der Waals surface area contributed by atoms with Crippen molar-refractivity contribution < 1.29 is 19.1 Å². The first-order valence-corrected chi connectivity index (χ1v) is 11.5. The molecule has 2 aliphatic heterocycles. The van der Waals surface area contributed by atoms with E-state index in [-0.39, 0.29) is 24.3 Å². The van der Waals surface area contributed by atoms with Crippen molar-refractivity contribution in [2.75, 3.05) is 56.6 Å². The summed E-state index contributed by atoms with van der Waals surface area (Å²) < 4.78 is 5.30. The number of piperidine rings is 1. The number of hydrogen-bond acceptors (Lipinski definition) is 5. The van der Waals surface area contributed by atoms with Crippen LogP contribution in [0.3, 0.4) is 0 Å². The lowest BCUT2D eigenvalue weighted by atomic mass is 10.1. The number of amides is 3. The minimum absolute atomic E-state index is 0.0365. The highest BCUT2D eigenvalue weighted by Gasteiger charge is 2.19. The molecule has 8 nitrogen and oxygen atoms in total. The summed E-state index contributed by atoms with van der Waals surface area (Å²) in [7, 11) is 0. The first kappa shape index (κ1) is 22.8. The molecule has 0 atom stereocenters. The van der Waals surface area contributed by atoms with Crippen LogP contribution in [-0.4, -0.2) is 73.5 Å². The van der Waals surface area contributed by atoms with Gasteiger partial charge in [0.2, 0.25) is 5.91 Å². The third kappa shape index (κ3) is 6.10. The number of morpholine rings is 1. The van der Waals surface area contributed by atoms with Gasteiger partial charge in [-0.25, -0.2) is 0 Å². The highest BCUT2D eigenvalue weighted by Crippen LogP contribution is 2.16. The normalized spacial score (nSPS) is 16.2. The molecule has 2 aromatic carbocycles. The molecule has 0 radical (unpaired) electrons. The molecule has 8 heteroatoms. The molecule has 2 saturated heterocycles. The smallest absolute Gasteiger partial charge is 0.254 e. The number of carbonyl (C=O) groups is 3. The minimum atomic E-state index is -0.213. The van der Waals surface area contributed by atoms with Gasteiger partial charge >= 0.3 is 0 Å². The summed E-state index contributed by atoms with van der Waals surface area (Å²) in [5.41, 5.74) is 2.55. The molecule has 2 aliphatic rings. The molecule has 2 N–H and O–H groups in total. The van der Waals surface area contributed by atoms with Crippen molar-refractivity contribution in [1.29, 1.82) is 0 Å². The Balaban J connectivity index is 1.28. The summed E-state index contributed by atoms with van der Waals surface area (Å²) in [6.07, 6.45) is 3.28. The van der Waals surface area contributed by atoms with Crippen LogP contribution in [0.5, 0.6) is 0 Å². The number of rotatable bonds is 6. The van der Waals surface area contributed by atoms with E-state index in [0.29, 0.717) is 48.8 Å². The molecule has 0 unspecified atom stereocenters. The van der Waals surface area contributed by atoms with E-state index in [9.17, 15) is 14.4 Å². The number of nitrogens with one attached hydrogen (secondary N) is 2. The predicted molar refractivity (Wildman–Crippen MR) is 126 cm³/mol. The van der Waals surface area contributed by atoms with Gasteiger partial charge in [0, 0.05) is 48.7 Å². The van der Waals surface area contributed by atoms with Crippen LogP contribution in [0.1, 0.15) is 40.0 Å².